The van der Waals surface area contributed by atoms with Gasteiger partial charge < -0.3 is 19.7 Å². The molecule has 6 nitrogen and oxygen atoms in total. The monoisotopic (exact) mass is 378 g/mol. The molecule has 6 unspecified atom stereocenters. The van der Waals surface area contributed by atoms with E-state index in [4.69, 9.17) is 9.47 Å². The number of aliphatic hydroxyl groups excluding tert-OH is 1. The van der Waals surface area contributed by atoms with Crippen molar-refractivity contribution in [2.24, 2.45) is 23.2 Å². The number of carbonyl (C=O) groups is 2. The third-order valence-corrected chi connectivity index (χ3v) is 7.80. The van der Waals surface area contributed by atoms with Crippen LogP contribution < -0.4 is 0 Å². The molecule has 4 aliphatic rings. The van der Waals surface area contributed by atoms with Crippen molar-refractivity contribution in [3.05, 3.63) is 11.1 Å². The van der Waals surface area contributed by atoms with Crippen molar-refractivity contribution < 1.29 is 29.3 Å². The smallest absolute Gasteiger partial charge is 0.303 e. The van der Waals surface area contributed by atoms with Gasteiger partial charge in [0, 0.05) is 24.7 Å². The molecule has 150 valence electrons. The van der Waals surface area contributed by atoms with E-state index in [0.29, 0.717) is 37.9 Å². The highest BCUT2D eigenvalue weighted by atomic mass is 16.5. The van der Waals surface area contributed by atoms with Crippen LogP contribution in [0.5, 0.6) is 0 Å². The maximum atomic E-state index is 13.6. The first-order valence-corrected chi connectivity index (χ1v) is 10.00. The van der Waals surface area contributed by atoms with Gasteiger partial charge in [0.25, 0.3) is 0 Å². The summed E-state index contributed by atoms with van der Waals surface area (Å²) in [7, 11) is 0. The van der Waals surface area contributed by atoms with Crippen LogP contribution in [0.15, 0.2) is 11.1 Å². The summed E-state index contributed by atoms with van der Waals surface area (Å²) < 4.78 is 11.2. The molecule has 0 amide bonds. The fourth-order valence-corrected chi connectivity index (χ4v) is 6.13. The van der Waals surface area contributed by atoms with Gasteiger partial charge in [-0.3, -0.25) is 9.59 Å². The van der Waals surface area contributed by atoms with E-state index in [1.165, 1.54) is 6.92 Å². The van der Waals surface area contributed by atoms with Crippen LogP contribution >= 0.6 is 0 Å². The number of hydrogen-bond acceptors (Lipinski definition) is 6. The molecule has 0 spiro atoms. The molecule has 3 fully saturated rings. The summed E-state index contributed by atoms with van der Waals surface area (Å²) in [5.74, 6) is -1.38. The lowest BCUT2D eigenvalue weighted by Crippen LogP contribution is -2.64. The van der Waals surface area contributed by atoms with E-state index in [1.54, 1.807) is 0 Å². The highest BCUT2D eigenvalue weighted by Gasteiger charge is 2.62. The zero-order valence-electron chi connectivity index (χ0n) is 16.5. The maximum Gasteiger partial charge on any atom is 0.303 e. The van der Waals surface area contributed by atoms with Gasteiger partial charge in [0.1, 0.15) is 0 Å². The van der Waals surface area contributed by atoms with E-state index in [2.05, 4.69) is 0 Å². The molecular weight excluding hydrogens is 348 g/mol. The Balaban J connectivity index is 1.87. The second-order valence-electron chi connectivity index (χ2n) is 9.47. The molecule has 7 atom stereocenters. The molecule has 6 heteroatoms. The number of ketones is 1. The van der Waals surface area contributed by atoms with Gasteiger partial charge in [0.15, 0.2) is 11.9 Å². The van der Waals surface area contributed by atoms with E-state index < -0.39 is 35.1 Å². The molecule has 1 saturated heterocycles. The number of allylic oxidation sites excluding steroid dienone is 1. The lowest BCUT2D eigenvalue weighted by Gasteiger charge is -2.58. The molecule has 2 saturated carbocycles. The van der Waals surface area contributed by atoms with Crippen molar-refractivity contribution in [3.63, 3.8) is 0 Å². The summed E-state index contributed by atoms with van der Waals surface area (Å²) >= 11 is 0. The van der Waals surface area contributed by atoms with Gasteiger partial charge in [-0.25, -0.2) is 0 Å². The van der Waals surface area contributed by atoms with Gasteiger partial charge in [-0.05, 0) is 37.7 Å². The minimum Gasteiger partial charge on any atom is -0.450 e. The first-order valence-electron chi connectivity index (χ1n) is 10.00. The number of rotatable bonds is 1. The normalized spacial score (nSPS) is 45.8. The zero-order chi connectivity index (χ0) is 19.7. The Morgan fingerprint density at radius 3 is 2.59 bits per heavy atom. The molecule has 0 aromatic carbocycles. The Bertz CT molecular complexity index is 709. The number of ether oxygens (including phenoxy) is 2. The Kier molecular flexibility index (Phi) is 4.33. The highest BCUT2D eigenvalue weighted by molar-refractivity contribution is 5.91. The highest BCUT2D eigenvalue weighted by Crippen LogP contribution is 2.57. The van der Waals surface area contributed by atoms with Crippen molar-refractivity contribution >= 4 is 11.8 Å². The van der Waals surface area contributed by atoms with Crippen LogP contribution in [-0.2, 0) is 19.1 Å². The molecule has 27 heavy (non-hydrogen) atoms. The van der Waals surface area contributed by atoms with E-state index in [-0.39, 0.29) is 23.7 Å². The lowest BCUT2D eigenvalue weighted by molar-refractivity contribution is -0.221. The summed E-state index contributed by atoms with van der Waals surface area (Å²) in [6.45, 7) is 7.70. The molecule has 0 aromatic heterocycles. The average molecular weight is 378 g/mol. The second-order valence-corrected chi connectivity index (χ2v) is 9.47. The maximum absolute atomic E-state index is 13.6. The van der Waals surface area contributed by atoms with Gasteiger partial charge in [0.05, 0.1) is 30.3 Å². The number of hydrogen-bond donors (Lipinski definition) is 2. The molecular formula is C21H30O6. The van der Waals surface area contributed by atoms with Crippen molar-refractivity contribution in [1.82, 2.24) is 0 Å². The average Bonchev–Trinajstić information content (AvgIpc) is 2.53. The van der Waals surface area contributed by atoms with Crippen LogP contribution in [0.3, 0.4) is 0 Å². The minimum absolute atomic E-state index is 0.0484. The standard InChI is InChI=1S/C21H30O6/c1-10-5-6-21(25)8-12-13-9-26-15(13)7-14(23)16(12)18(24)19(27-11(2)22)17(10)20(21,3)4/h12-16,19,23,25H,5-9H2,1-4H3/t12?,13?,14?,15-,16?,19?,21?/m1/s1. The molecule has 3 aliphatic carbocycles. The van der Waals surface area contributed by atoms with Crippen LogP contribution in [0.2, 0.25) is 0 Å². The van der Waals surface area contributed by atoms with Gasteiger partial charge >= 0.3 is 5.97 Å². The Morgan fingerprint density at radius 1 is 1.30 bits per heavy atom. The predicted octanol–water partition coefficient (Wildman–Crippen LogP) is 1.77. The van der Waals surface area contributed by atoms with Crippen LogP contribution in [0.1, 0.15) is 53.4 Å². The van der Waals surface area contributed by atoms with Crippen molar-refractivity contribution in [2.75, 3.05) is 6.61 Å². The van der Waals surface area contributed by atoms with Gasteiger partial charge in [-0.15, -0.1) is 0 Å². The number of Topliss-reactive ketones (excluding diaryl/α,β-unsaturated/α-hetero) is 1. The fraction of sp³-hybridized carbons (Fsp3) is 0.810. The Hall–Kier alpha value is -1.24. The molecule has 0 aromatic rings. The second kappa shape index (κ2) is 6.13. The summed E-state index contributed by atoms with van der Waals surface area (Å²) in [5, 5.41) is 22.5. The largest absolute Gasteiger partial charge is 0.450 e. The summed E-state index contributed by atoms with van der Waals surface area (Å²) in [6.07, 6.45) is 0.232. The van der Waals surface area contributed by atoms with Gasteiger partial charge in [-0.1, -0.05) is 19.4 Å². The Morgan fingerprint density at radius 2 is 2.00 bits per heavy atom. The third kappa shape index (κ3) is 2.64. The topological polar surface area (TPSA) is 93.1 Å². The van der Waals surface area contributed by atoms with E-state index in [0.717, 1.165) is 5.57 Å². The van der Waals surface area contributed by atoms with Gasteiger partial charge in [0.2, 0.25) is 0 Å². The molecule has 1 heterocycles. The number of fused-ring (bicyclic) bond motifs is 5. The van der Waals surface area contributed by atoms with Crippen molar-refractivity contribution in [2.45, 2.75) is 77.3 Å². The molecule has 4 rings (SSSR count). The fourth-order valence-electron chi connectivity index (χ4n) is 6.13. The Labute approximate surface area is 159 Å². The number of esters is 1. The van der Waals surface area contributed by atoms with Crippen LogP contribution in [0.4, 0.5) is 0 Å². The molecule has 0 radical (unpaired) electrons. The van der Waals surface area contributed by atoms with Crippen molar-refractivity contribution in [1.29, 1.82) is 0 Å². The van der Waals surface area contributed by atoms with Crippen LogP contribution in [-0.4, -0.2) is 52.5 Å². The van der Waals surface area contributed by atoms with Gasteiger partial charge in [-0.2, -0.15) is 0 Å². The van der Waals surface area contributed by atoms with Crippen LogP contribution in [0.25, 0.3) is 0 Å². The lowest BCUT2D eigenvalue weighted by atomic mass is 9.51. The quantitative estimate of drug-likeness (QED) is 0.534. The first-order chi connectivity index (χ1) is 12.6. The minimum atomic E-state index is -1.04. The van der Waals surface area contributed by atoms with E-state index >= 15 is 0 Å². The third-order valence-electron chi connectivity index (χ3n) is 7.80. The summed E-state index contributed by atoms with van der Waals surface area (Å²) in [6, 6.07) is 0. The predicted molar refractivity (Wildman–Crippen MR) is 96.7 cm³/mol. The van der Waals surface area contributed by atoms with E-state index in [9.17, 15) is 19.8 Å². The van der Waals surface area contributed by atoms with E-state index in [1.807, 2.05) is 20.8 Å². The van der Waals surface area contributed by atoms with Crippen LogP contribution in [0, 0.1) is 23.2 Å². The number of carbonyl (C=O) groups excluding carboxylic acids is 2. The molecule has 2 N–H and O–H groups in total. The summed E-state index contributed by atoms with van der Waals surface area (Å²) in [4.78, 5) is 25.4. The zero-order valence-corrected chi connectivity index (χ0v) is 16.5. The molecule has 2 bridgehead atoms. The number of aliphatic hydroxyl groups is 2. The SMILES string of the molecule is CC(=O)OC1C(=O)C2C(O)C[C@H]3OCC3C2CC2(O)CCC(C)=C1C2(C)C. The first kappa shape index (κ1) is 19.1. The summed E-state index contributed by atoms with van der Waals surface area (Å²) in [5.41, 5.74) is 0.00609. The molecule has 1 aliphatic heterocycles. The van der Waals surface area contributed by atoms with Crippen molar-refractivity contribution in [3.8, 4) is 0 Å².